The highest BCUT2D eigenvalue weighted by molar-refractivity contribution is 6.60. The summed E-state index contributed by atoms with van der Waals surface area (Å²) < 4.78 is 13.5. The lowest BCUT2D eigenvalue weighted by atomic mass is 9.49. The Morgan fingerprint density at radius 3 is 2.67 bits per heavy atom. The first-order valence-electron chi connectivity index (χ1n) is 10.0. The SMILES string of the molecule is [B]C([B])([B])NC(=O)c1coc2cc(Oc3ccnc4cc(-c5cn(C)cn5)ccc34)ccc12. The highest BCUT2D eigenvalue weighted by Crippen LogP contribution is 2.33. The van der Waals surface area contributed by atoms with Crippen LogP contribution in [0.25, 0.3) is 33.1 Å². The predicted octanol–water partition coefficient (Wildman–Crippen LogP) is 3.02. The second kappa shape index (κ2) is 7.88. The van der Waals surface area contributed by atoms with E-state index in [0.717, 1.165) is 22.2 Å². The molecule has 0 aliphatic rings. The van der Waals surface area contributed by atoms with Crippen molar-refractivity contribution in [1.82, 2.24) is 19.9 Å². The molecule has 5 aromatic rings. The van der Waals surface area contributed by atoms with Gasteiger partial charge in [0.15, 0.2) is 0 Å². The van der Waals surface area contributed by atoms with Crippen molar-refractivity contribution >= 4 is 51.3 Å². The van der Waals surface area contributed by atoms with E-state index in [9.17, 15) is 4.79 Å². The van der Waals surface area contributed by atoms with E-state index in [1.54, 1.807) is 36.8 Å². The van der Waals surface area contributed by atoms with Gasteiger partial charge in [0, 0.05) is 41.8 Å². The van der Waals surface area contributed by atoms with Gasteiger partial charge in [-0.15, -0.1) is 0 Å². The van der Waals surface area contributed by atoms with Crippen molar-refractivity contribution in [2.45, 2.75) is 5.24 Å². The zero-order valence-corrected chi connectivity index (χ0v) is 17.6. The van der Waals surface area contributed by atoms with E-state index in [-0.39, 0.29) is 5.56 Å². The fraction of sp³-hybridized carbons (Fsp3) is 0.0870. The largest absolute Gasteiger partial charge is 0.463 e. The lowest BCUT2D eigenvalue weighted by molar-refractivity contribution is 0.0953. The third-order valence-corrected chi connectivity index (χ3v) is 5.05. The standard InChI is InChI=1S/C23H15B3N4O3/c1-30-10-19(28-12-30)13-2-4-16-18(8-13)27-7-6-20(16)33-14-3-5-15-17(11-32-21(15)9-14)22(31)29-23(24,25)26/h2-12H,1H3,(H,29,31). The predicted molar refractivity (Wildman–Crippen MR) is 128 cm³/mol. The summed E-state index contributed by atoms with van der Waals surface area (Å²) in [5, 5.41) is 1.89. The van der Waals surface area contributed by atoms with Crippen LogP contribution in [0, 0.1) is 0 Å². The van der Waals surface area contributed by atoms with Gasteiger partial charge in [0.25, 0.3) is 5.91 Å². The maximum Gasteiger partial charge on any atom is 0.253 e. The number of nitrogens with one attached hydrogen (secondary N) is 1. The monoisotopic (exact) mass is 428 g/mol. The fourth-order valence-electron chi connectivity index (χ4n) is 3.57. The Morgan fingerprint density at radius 2 is 1.91 bits per heavy atom. The topological polar surface area (TPSA) is 82.2 Å². The molecule has 0 fully saturated rings. The first-order valence-corrected chi connectivity index (χ1v) is 10.0. The molecule has 0 saturated heterocycles. The number of carbonyl (C=O) groups excluding carboxylic acids is 1. The number of aromatic nitrogens is 3. The van der Waals surface area contributed by atoms with Crippen LogP contribution in [-0.4, -0.2) is 49.2 Å². The number of rotatable bonds is 5. The molecule has 3 aromatic heterocycles. The van der Waals surface area contributed by atoms with Crippen LogP contribution in [0.2, 0.25) is 0 Å². The summed E-state index contributed by atoms with van der Waals surface area (Å²) in [4.78, 5) is 21.2. The number of fused-ring (bicyclic) bond motifs is 2. The van der Waals surface area contributed by atoms with Crippen LogP contribution in [0.15, 0.2) is 71.9 Å². The molecule has 1 N–H and O–H groups in total. The van der Waals surface area contributed by atoms with Gasteiger partial charge in [-0.25, -0.2) is 4.98 Å². The summed E-state index contributed by atoms with van der Waals surface area (Å²) in [5.74, 6) is 0.630. The van der Waals surface area contributed by atoms with E-state index in [1.165, 1.54) is 6.26 Å². The molecule has 6 radical (unpaired) electrons. The second-order valence-corrected chi connectivity index (χ2v) is 7.76. The van der Waals surface area contributed by atoms with Crippen LogP contribution in [0.4, 0.5) is 0 Å². The Kier molecular flexibility index (Phi) is 5.00. The van der Waals surface area contributed by atoms with Crippen molar-refractivity contribution in [3.05, 3.63) is 73.0 Å². The maximum absolute atomic E-state index is 12.3. The van der Waals surface area contributed by atoms with Gasteiger partial charge in [0.2, 0.25) is 0 Å². The van der Waals surface area contributed by atoms with Gasteiger partial charge in [-0.3, -0.25) is 9.78 Å². The average molecular weight is 428 g/mol. The quantitative estimate of drug-likeness (QED) is 0.436. The Hall–Kier alpha value is -3.94. The average Bonchev–Trinajstić information content (AvgIpc) is 3.38. The molecular weight excluding hydrogens is 413 g/mol. The van der Waals surface area contributed by atoms with Crippen LogP contribution in [0.3, 0.4) is 0 Å². The third kappa shape index (κ3) is 4.24. The lowest BCUT2D eigenvalue weighted by Crippen LogP contribution is -2.50. The van der Waals surface area contributed by atoms with Crippen molar-refractivity contribution in [2.24, 2.45) is 7.05 Å². The molecule has 5 rings (SSSR count). The number of aryl methyl sites for hydroxylation is 1. The van der Waals surface area contributed by atoms with Crippen LogP contribution < -0.4 is 10.1 Å². The van der Waals surface area contributed by atoms with Crippen LogP contribution in [0.1, 0.15) is 10.4 Å². The van der Waals surface area contributed by atoms with Crippen LogP contribution >= 0.6 is 0 Å². The molecule has 154 valence electrons. The number of amides is 1. The summed E-state index contributed by atoms with van der Waals surface area (Å²) in [5.41, 5.74) is 3.34. The molecule has 0 aliphatic carbocycles. The molecule has 0 saturated carbocycles. The Bertz CT molecular complexity index is 1500. The lowest BCUT2D eigenvalue weighted by Gasteiger charge is -2.21. The Morgan fingerprint density at radius 1 is 1.09 bits per heavy atom. The number of imidazole rings is 1. The van der Waals surface area contributed by atoms with E-state index < -0.39 is 11.1 Å². The maximum atomic E-state index is 12.3. The van der Waals surface area contributed by atoms with Gasteiger partial charge in [0.05, 0.1) is 46.6 Å². The number of benzene rings is 2. The molecule has 0 bridgehead atoms. The first-order chi connectivity index (χ1) is 15.8. The zero-order chi connectivity index (χ0) is 23.2. The molecule has 1 amide bonds. The number of carbonyl (C=O) groups is 1. The van der Waals surface area contributed by atoms with Crippen molar-refractivity contribution in [2.75, 3.05) is 0 Å². The summed E-state index contributed by atoms with van der Waals surface area (Å²) in [7, 11) is 18.3. The number of pyridine rings is 1. The van der Waals surface area contributed by atoms with Gasteiger partial charge in [-0.1, -0.05) is 11.3 Å². The minimum absolute atomic E-state index is 0.263. The summed E-state index contributed by atoms with van der Waals surface area (Å²) >= 11 is 0. The minimum Gasteiger partial charge on any atom is -0.463 e. The Balaban J connectivity index is 1.44. The van der Waals surface area contributed by atoms with E-state index in [1.807, 2.05) is 36.0 Å². The molecule has 7 nitrogen and oxygen atoms in total. The molecule has 0 atom stereocenters. The molecule has 33 heavy (non-hydrogen) atoms. The smallest absolute Gasteiger partial charge is 0.253 e. The molecule has 0 aliphatic heterocycles. The van der Waals surface area contributed by atoms with Crippen molar-refractivity contribution < 1.29 is 13.9 Å². The summed E-state index contributed by atoms with van der Waals surface area (Å²) in [6.45, 7) is 0. The van der Waals surface area contributed by atoms with E-state index >= 15 is 0 Å². The number of hydrogen-bond donors (Lipinski definition) is 1. The van der Waals surface area contributed by atoms with Crippen molar-refractivity contribution in [3.63, 3.8) is 0 Å². The number of nitrogens with zero attached hydrogens (tertiary/aromatic N) is 3. The summed E-state index contributed by atoms with van der Waals surface area (Å²) in [6, 6.07) is 12.8. The van der Waals surface area contributed by atoms with E-state index in [4.69, 9.17) is 32.7 Å². The van der Waals surface area contributed by atoms with Gasteiger partial charge < -0.3 is 19.0 Å². The molecule has 0 unspecified atom stereocenters. The van der Waals surface area contributed by atoms with E-state index in [2.05, 4.69) is 15.3 Å². The van der Waals surface area contributed by atoms with Gasteiger partial charge >= 0.3 is 0 Å². The van der Waals surface area contributed by atoms with Gasteiger partial charge in [-0.05, 0) is 30.3 Å². The van der Waals surface area contributed by atoms with E-state index in [0.29, 0.717) is 22.5 Å². The summed E-state index contributed by atoms with van der Waals surface area (Å²) in [6.07, 6.45) is 6.71. The normalized spacial score (nSPS) is 11.7. The molecule has 10 heteroatoms. The number of hydrogen-bond acceptors (Lipinski definition) is 5. The third-order valence-electron chi connectivity index (χ3n) is 5.05. The molecule has 3 heterocycles. The Labute approximate surface area is 193 Å². The fourth-order valence-corrected chi connectivity index (χ4v) is 3.57. The van der Waals surface area contributed by atoms with Gasteiger partial charge in [-0.2, -0.15) is 0 Å². The second-order valence-electron chi connectivity index (χ2n) is 7.76. The van der Waals surface area contributed by atoms with Crippen molar-refractivity contribution in [1.29, 1.82) is 0 Å². The highest BCUT2D eigenvalue weighted by atomic mass is 16.5. The molecule has 2 aromatic carbocycles. The zero-order valence-electron chi connectivity index (χ0n) is 17.6. The minimum atomic E-state index is -1.83. The van der Waals surface area contributed by atoms with Gasteiger partial charge in [0.1, 0.15) is 23.3 Å². The molecular formula is C23H15B3N4O3. The number of furan rings is 1. The molecule has 0 spiro atoms. The number of ether oxygens (including phenoxy) is 1. The van der Waals surface area contributed by atoms with Crippen LogP contribution in [0.5, 0.6) is 11.5 Å². The van der Waals surface area contributed by atoms with Crippen molar-refractivity contribution in [3.8, 4) is 22.8 Å². The van der Waals surface area contributed by atoms with Crippen LogP contribution in [-0.2, 0) is 7.05 Å². The highest BCUT2D eigenvalue weighted by Gasteiger charge is 2.19. The first kappa shape index (κ1) is 20.9.